The predicted molar refractivity (Wildman–Crippen MR) is 57.3 cm³/mol. The smallest absolute Gasteiger partial charge is 0.237 e. The summed E-state index contributed by atoms with van der Waals surface area (Å²) < 4.78 is 0. The molecule has 15 heavy (non-hydrogen) atoms. The molecule has 1 N–H and O–H groups in total. The van der Waals surface area contributed by atoms with Crippen molar-refractivity contribution in [3.8, 4) is 0 Å². The third-order valence-electron chi connectivity index (χ3n) is 3.75. The van der Waals surface area contributed by atoms with E-state index in [1.54, 1.807) is 0 Å². The van der Waals surface area contributed by atoms with Crippen LogP contribution in [0.25, 0.3) is 0 Å². The van der Waals surface area contributed by atoms with E-state index in [9.17, 15) is 4.79 Å². The molecule has 2 heterocycles. The van der Waals surface area contributed by atoms with Crippen molar-refractivity contribution in [2.24, 2.45) is 0 Å². The lowest BCUT2D eigenvalue weighted by atomic mass is 10.2. The van der Waals surface area contributed by atoms with Crippen molar-refractivity contribution >= 4 is 5.91 Å². The second-order valence-corrected chi connectivity index (χ2v) is 4.90. The molecule has 0 bridgehead atoms. The Morgan fingerprint density at radius 2 is 2.07 bits per heavy atom. The Balaban J connectivity index is 1.58. The van der Waals surface area contributed by atoms with Gasteiger partial charge in [-0.1, -0.05) is 0 Å². The maximum atomic E-state index is 11.9. The second-order valence-electron chi connectivity index (χ2n) is 4.90. The lowest BCUT2D eigenvalue weighted by molar-refractivity contribution is -0.137. The molecule has 0 aromatic carbocycles. The minimum absolute atomic E-state index is 0.345. The van der Waals surface area contributed by atoms with Crippen LogP contribution in [0.3, 0.4) is 0 Å². The highest BCUT2D eigenvalue weighted by molar-refractivity contribution is 5.79. The van der Waals surface area contributed by atoms with Crippen LogP contribution in [0.5, 0.6) is 0 Å². The average molecular weight is 209 g/mol. The maximum absolute atomic E-state index is 11.9. The lowest BCUT2D eigenvalue weighted by Gasteiger charge is -2.37. The van der Waals surface area contributed by atoms with Crippen LogP contribution in [0.1, 0.15) is 25.7 Å². The van der Waals surface area contributed by atoms with Gasteiger partial charge in [-0.2, -0.15) is 0 Å². The first-order valence-corrected chi connectivity index (χ1v) is 6.11. The molecule has 1 aliphatic carbocycles. The van der Waals surface area contributed by atoms with Gasteiger partial charge in [-0.05, 0) is 32.2 Å². The van der Waals surface area contributed by atoms with E-state index in [2.05, 4.69) is 15.1 Å². The molecule has 0 radical (unpaired) electrons. The van der Waals surface area contributed by atoms with Gasteiger partial charge in [-0.15, -0.1) is 0 Å². The summed E-state index contributed by atoms with van der Waals surface area (Å²) in [6.45, 7) is 3.75. The molecule has 2 aliphatic heterocycles. The van der Waals surface area contributed by atoms with E-state index in [0.29, 0.717) is 24.7 Å². The monoisotopic (exact) mass is 209 g/mol. The van der Waals surface area contributed by atoms with Crippen LogP contribution in [0.2, 0.25) is 0 Å². The Hall–Kier alpha value is -0.610. The van der Waals surface area contributed by atoms with Crippen molar-refractivity contribution < 1.29 is 4.79 Å². The lowest BCUT2D eigenvalue weighted by Crippen LogP contribution is -2.56. The van der Waals surface area contributed by atoms with Gasteiger partial charge in [-0.25, -0.2) is 0 Å². The topological polar surface area (TPSA) is 35.6 Å². The van der Waals surface area contributed by atoms with Crippen LogP contribution < -0.4 is 5.32 Å². The molecule has 3 aliphatic rings. The van der Waals surface area contributed by atoms with Gasteiger partial charge in [-0.3, -0.25) is 9.69 Å². The number of nitrogens with one attached hydrogen (secondary N) is 1. The highest BCUT2D eigenvalue weighted by Gasteiger charge is 2.37. The summed E-state index contributed by atoms with van der Waals surface area (Å²) in [7, 11) is 0. The molecule has 1 atom stereocenters. The van der Waals surface area contributed by atoms with E-state index in [0.717, 1.165) is 19.6 Å². The third-order valence-corrected chi connectivity index (χ3v) is 3.75. The zero-order chi connectivity index (χ0) is 10.3. The number of carbonyl (C=O) groups excluding carboxylic acids is 1. The van der Waals surface area contributed by atoms with Gasteiger partial charge in [0.15, 0.2) is 0 Å². The van der Waals surface area contributed by atoms with E-state index < -0.39 is 0 Å². The number of hydrogen-bond donors (Lipinski definition) is 1. The quantitative estimate of drug-likeness (QED) is 0.695. The highest BCUT2D eigenvalue weighted by Crippen LogP contribution is 2.28. The van der Waals surface area contributed by atoms with Crippen molar-refractivity contribution in [2.75, 3.05) is 26.2 Å². The minimum atomic E-state index is 0.345. The molecule has 1 unspecified atom stereocenters. The van der Waals surface area contributed by atoms with Gasteiger partial charge in [0.1, 0.15) is 0 Å². The summed E-state index contributed by atoms with van der Waals surface area (Å²) in [5, 5.41) is 3.46. The zero-order valence-corrected chi connectivity index (χ0v) is 9.11. The zero-order valence-electron chi connectivity index (χ0n) is 9.11. The van der Waals surface area contributed by atoms with Crippen LogP contribution in [-0.4, -0.2) is 54.1 Å². The fraction of sp³-hybridized carbons (Fsp3) is 0.909. The van der Waals surface area contributed by atoms with E-state index in [4.69, 9.17) is 0 Å². The molecule has 1 saturated carbocycles. The van der Waals surface area contributed by atoms with E-state index >= 15 is 0 Å². The molecule has 3 fully saturated rings. The summed E-state index contributed by atoms with van der Waals surface area (Å²) in [4.78, 5) is 16.3. The Bertz CT molecular complexity index is 259. The summed E-state index contributed by atoms with van der Waals surface area (Å²) in [5.74, 6) is 0.345. The van der Waals surface area contributed by atoms with E-state index in [-0.39, 0.29) is 0 Å². The summed E-state index contributed by atoms with van der Waals surface area (Å²) >= 11 is 0. The molecule has 4 nitrogen and oxygen atoms in total. The molecule has 0 aromatic rings. The van der Waals surface area contributed by atoms with Gasteiger partial charge in [0.25, 0.3) is 0 Å². The average Bonchev–Trinajstić information content (AvgIpc) is 2.93. The van der Waals surface area contributed by atoms with Gasteiger partial charge in [0, 0.05) is 19.1 Å². The molecule has 2 saturated heterocycles. The molecular formula is C11H19N3O. The van der Waals surface area contributed by atoms with Crippen molar-refractivity contribution in [1.29, 1.82) is 0 Å². The number of nitrogens with zero attached hydrogens (tertiary/aromatic N) is 2. The molecule has 0 aromatic heterocycles. The molecule has 1 amide bonds. The fourth-order valence-electron chi connectivity index (χ4n) is 2.72. The first kappa shape index (κ1) is 9.60. The number of hydrogen-bond acceptors (Lipinski definition) is 3. The SMILES string of the molecule is O=C1CN(C2CCCN2)CCN1C1CC1. The number of rotatable bonds is 2. The van der Waals surface area contributed by atoms with Crippen LogP contribution in [-0.2, 0) is 4.79 Å². The Morgan fingerprint density at radius 3 is 2.67 bits per heavy atom. The number of carbonyl (C=O) groups is 1. The predicted octanol–water partition coefficient (Wildman–Crippen LogP) is 0.00250. The first-order chi connectivity index (χ1) is 7.34. The number of piperazine rings is 1. The Kier molecular flexibility index (Phi) is 2.41. The summed E-state index contributed by atoms with van der Waals surface area (Å²) in [6, 6.07) is 0.594. The van der Waals surface area contributed by atoms with Crippen LogP contribution >= 0.6 is 0 Å². The van der Waals surface area contributed by atoms with E-state index in [1.807, 2.05) is 0 Å². The van der Waals surface area contributed by atoms with Gasteiger partial charge in [0.05, 0.1) is 12.7 Å². The summed E-state index contributed by atoms with van der Waals surface area (Å²) in [5.41, 5.74) is 0. The first-order valence-electron chi connectivity index (χ1n) is 6.11. The fourth-order valence-corrected chi connectivity index (χ4v) is 2.72. The molecule has 84 valence electrons. The van der Waals surface area contributed by atoms with E-state index in [1.165, 1.54) is 25.7 Å². The number of amides is 1. The standard InChI is InChI=1S/C11H19N3O/c15-11-8-13(10-2-1-5-12-10)6-7-14(11)9-3-4-9/h9-10,12H,1-8H2. The third kappa shape index (κ3) is 1.88. The van der Waals surface area contributed by atoms with Gasteiger partial charge < -0.3 is 10.2 Å². The molecule has 4 heteroatoms. The van der Waals surface area contributed by atoms with Crippen molar-refractivity contribution in [3.63, 3.8) is 0 Å². The van der Waals surface area contributed by atoms with Crippen molar-refractivity contribution in [1.82, 2.24) is 15.1 Å². The Morgan fingerprint density at radius 1 is 1.20 bits per heavy atom. The minimum Gasteiger partial charge on any atom is -0.337 e. The normalized spacial score (nSPS) is 33.7. The van der Waals surface area contributed by atoms with Gasteiger partial charge in [0.2, 0.25) is 5.91 Å². The largest absolute Gasteiger partial charge is 0.337 e. The second kappa shape index (κ2) is 3.76. The van der Waals surface area contributed by atoms with Crippen LogP contribution in [0.15, 0.2) is 0 Å². The highest BCUT2D eigenvalue weighted by atomic mass is 16.2. The Labute approximate surface area is 90.6 Å². The molecular weight excluding hydrogens is 190 g/mol. The van der Waals surface area contributed by atoms with Crippen molar-refractivity contribution in [2.45, 2.75) is 37.9 Å². The van der Waals surface area contributed by atoms with Crippen LogP contribution in [0, 0.1) is 0 Å². The molecule has 0 spiro atoms. The summed E-state index contributed by atoms with van der Waals surface area (Å²) in [6.07, 6.45) is 5.38. The van der Waals surface area contributed by atoms with Gasteiger partial charge >= 0.3 is 0 Å². The maximum Gasteiger partial charge on any atom is 0.237 e. The van der Waals surface area contributed by atoms with Crippen molar-refractivity contribution in [3.05, 3.63) is 0 Å². The molecule has 3 rings (SSSR count). The van der Waals surface area contributed by atoms with Crippen LogP contribution in [0.4, 0.5) is 0 Å².